The van der Waals surface area contributed by atoms with Gasteiger partial charge >= 0.3 is 0 Å². The maximum atomic E-state index is 6.03. The van der Waals surface area contributed by atoms with Crippen molar-refractivity contribution >= 4 is 0 Å². The summed E-state index contributed by atoms with van der Waals surface area (Å²) in [6.07, 6.45) is 4.55. The average Bonchev–Trinajstić information content (AvgIpc) is 2.31. The Bertz CT molecular complexity index is 351. The molecule has 1 aliphatic rings. The lowest BCUT2D eigenvalue weighted by Crippen LogP contribution is -2.39. The molecule has 0 aliphatic carbocycles. The van der Waals surface area contributed by atoms with Gasteiger partial charge in [0.05, 0.1) is 17.4 Å². The molecule has 1 aromatic rings. The first-order valence-electron chi connectivity index (χ1n) is 6.83. The number of pyridine rings is 1. The van der Waals surface area contributed by atoms with E-state index in [0.717, 1.165) is 38.2 Å². The van der Waals surface area contributed by atoms with Gasteiger partial charge in [-0.25, -0.2) is 0 Å². The van der Waals surface area contributed by atoms with Crippen molar-refractivity contribution in [3.8, 4) is 0 Å². The summed E-state index contributed by atoms with van der Waals surface area (Å²) in [7, 11) is 0. The van der Waals surface area contributed by atoms with Crippen LogP contribution >= 0.6 is 0 Å². The zero-order valence-corrected chi connectivity index (χ0v) is 11.7. The van der Waals surface area contributed by atoms with Crippen LogP contribution in [0, 0.1) is 0 Å². The number of likely N-dealkylation sites (tertiary alicyclic amines) is 1. The van der Waals surface area contributed by atoms with Crippen LogP contribution in [0.4, 0.5) is 0 Å². The number of aromatic nitrogens is 1. The highest BCUT2D eigenvalue weighted by Gasteiger charge is 2.24. The number of hydrogen-bond acceptors (Lipinski definition) is 3. The zero-order valence-electron chi connectivity index (χ0n) is 11.7. The van der Waals surface area contributed by atoms with Gasteiger partial charge in [-0.15, -0.1) is 0 Å². The van der Waals surface area contributed by atoms with Crippen LogP contribution < -0.4 is 0 Å². The van der Waals surface area contributed by atoms with Gasteiger partial charge in [0.15, 0.2) is 0 Å². The smallest absolute Gasteiger partial charge is 0.0606 e. The molecule has 1 aliphatic heterocycles. The first-order valence-corrected chi connectivity index (χ1v) is 6.83. The number of ether oxygens (including phenoxy) is 1. The lowest BCUT2D eigenvalue weighted by atomic mass is 10.1. The van der Waals surface area contributed by atoms with Gasteiger partial charge in [-0.3, -0.25) is 9.88 Å². The molecule has 3 heteroatoms. The molecule has 0 atom stereocenters. The second-order valence-electron chi connectivity index (χ2n) is 6.03. The topological polar surface area (TPSA) is 25.4 Å². The standard InChI is InChI=1S/C15H24N2O/c1-15(2,3)18-14-7-10-17(11-8-14)12-13-6-4-5-9-16-13/h4-6,9,14H,7-8,10-12H2,1-3H3. The van der Waals surface area contributed by atoms with Crippen molar-refractivity contribution in [3.63, 3.8) is 0 Å². The Balaban J connectivity index is 1.77. The first kappa shape index (κ1) is 13.5. The van der Waals surface area contributed by atoms with Crippen molar-refractivity contribution < 1.29 is 4.74 Å². The largest absolute Gasteiger partial charge is 0.373 e. The van der Waals surface area contributed by atoms with E-state index in [1.54, 1.807) is 0 Å². The fourth-order valence-corrected chi connectivity index (χ4v) is 2.41. The SMILES string of the molecule is CC(C)(C)OC1CCN(Cc2ccccn2)CC1. The molecule has 1 aromatic heterocycles. The summed E-state index contributed by atoms with van der Waals surface area (Å²) in [5.74, 6) is 0. The van der Waals surface area contributed by atoms with Crippen molar-refractivity contribution in [2.24, 2.45) is 0 Å². The number of piperidine rings is 1. The summed E-state index contributed by atoms with van der Waals surface area (Å²) < 4.78 is 6.03. The molecule has 0 radical (unpaired) electrons. The lowest BCUT2D eigenvalue weighted by Gasteiger charge is -2.35. The van der Waals surface area contributed by atoms with Crippen LogP contribution in [0.2, 0.25) is 0 Å². The maximum Gasteiger partial charge on any atom is 0.0606 e. The summed E-state index contributed by atoms with van der Waals surface area (Å²) in [6.45, 7) is 9.57. The van der Waals surface area contributed by atoms with Crippen LogP contribution in [0.25, 0.3) is 0 Å². The Labute approximate surface area is 110 Å². The highest BCUT2D eigenvalue weighted by molar-refractivity contribution is 5.03. The monoisotopic (exact) mass is 248 g/mol. The van der Waals surface area contributed by atoms with Gasteiger partial charge in [0.1, 0.15) is 0 Å². The Morgan fingerprint density at radius 3 is 2.56 bits per heavy atom. The number of rotatable bonds is 3. The minimum atomic E-state index is -0.0200. The molecule has 1 fully saturated rings. The van der Waals surface area contributed by atoms with Crippen molar-refractivity contribution in [2.45, 2.75) is 51.9 Å². The Kier molecular flexibility index (Phi) is 4.36. The van der Waals surface area contributed by atoms with Crippen LogP contribution in [0.1, 0.15) is 39.3 Å². The van der Waals surface area contributed by atoms with Gasteiger partial charge in [-0.1, -0.05) is 6.07 Å². The van der Waals surface area contributed by atoms with Crippen molar-refractivity contribution in [2.75, 3.05) is 13.1 Å². The molecule has 18 heavy (non-hydrogen) atoms. The van der Waals surface area contributed by atoms with E-state index < -0.39 is 0 Å². The van der Waals surface area contributed by atoms with E-state index in [9.17, 15) is 0 Å². The molecule has 0 spiro atoms. The summed E-state index contributed by atoms with van der Waals surface area (Å²) in [5, 5.41) is 0. The quantitative estimate of drug-likeness (QED) is 0.822. The molecule has 0 N–H and O–H groups in total. The summed E-state index contributed by atoms with van der Waals surface area (Å²) in [5.41, 5.74) is 1.14. The molecule has 0 saturated carbocycles. The maximum absolute atomic E-state index is 6.03. The third-order valence-electron chi connectivity index (χ3n) is 3.17. The first-order chi connectivity index (χ1) is 8.53. The predicted molar refractivity (Wildman–Crippen MR) is 73.4 cm³/mol. The fourth-order valence-electron chi connectivity index (χ4n) is 2.41. The van der Waals surface area contributed by atoms with Crippen LogP contribution in [0.15, 0.2) is 24.4 Å². The number of hydrogen-bond donors (Lipinski definition) is 0. The molecular weight excluding hydrogens is 224 g/mol. The molecule has 0 unspecified atom stereocenters. The van der Waals surface area contributed by atoms with E-state index >= 15 is 0 Å². The van der Waals surface area contributed by atoms with Gasteiger partial charge in [0, 0.05) is 25.8 Å². The third kappa shape index (κ3) is 4.39. The molecular formula is C15H24N2O. The van der Waals surface area contributed by atoms with E-state index in [2.05, 4.69) is 42.8 Å². The van der Waals surface area contributed by atoms with Crippen molar-refractivity contribution in [1.82, 2.24) is 9.88 Å². The van der Waals surface area contributed by atoms with Crippen molar-refractivity contribution in [1.29, 1.82) is 0 Å². The van der Waals surface area contributed by atoms with E-state index in [1.807, 2.05) is 12.3 Å². The fraction of sp³-hybridized carbons (Fsp3) is 0.667. The van der Waals surface area contributed by atoms with Crippen LogP contribution in [0.5, 0.6) is 0 Å². The van der Waals surface area contributed by atoms with Gasteiger partial charge in [-0.05, 0) is 45.7 Å². The normalized spacial score (nSPS) is 19.1. The van der Waals surface area contributed by atoms with E-state index in [4.69, 9.17) is 4.74 Å². The molecule has 2 heterocycles. The van der Waals surface area contributed by atoms with E-state index in [0.29, 0.717) is 6.10 Å². The van der Waals surface area contributed by atoms with Gasteiger partial charge < -0.3 is 4.74 Å². The minimum absolute atomic E-state index is 0.0200. The zero-order chi connectivity index (χ0) is 13.0. The Hall–Kier alpha value is -0.930. The summed E-state index contributed by atoms with van der Waals surface area (Å²) >= 11 is 0. The van der Waals surface area contributed by atoms with Crippen molar-refractivity contribution in [3.05, 3.63) is 30.1 Å². The van der Waals surface area contributed by atoms with Crippen LogP contribution in [-0.4, -0.2) is 34.7 Å². The highest BCUT2D eigenvalue weighted by atomic mass is 16.5. The predicted octanol–water partition coefficient (Wildman–Crippen LogP) is 2.86. The second kappa shape index (κ2) is 5.81. The van der Waals surface area contributed by atoms with E-state index in [1.165, 1.54) is 0 Å². The van der Waals surface area contributed by atoms with E-state index in [-0.39, 0.29) is 5.60 Å². The molecule has 100 valence electrons. The average molecular weight is 248 g/mol. The molecule has 2 rings (SSSR count). The molecule has 1 saturated heterocycles. The van der Waals surface area contributed by atoms with Gasteiger partial charge in [-0.2, -0.15) is 0 Å². The Morgan fingerprint density at radius 2 is 2.00 bits per heavy atom. The molecule has 0 bridgehead atoms. The van der Waals surface area contributed by atoms with Crippen LogP contribution in [0.3, 0.4) is 0 Å². The lowest BCUT2D eigenvalue weighted by molar-refractivity contribution is -0.0827. The minimum Gasteiger partial charge on any atom is -0.373 e. The summed E-state index contributed by atoms with van der Waals surface area (Å²) in [6, 6.07) is 6.11. The number of nitrogens with zero attached hydrogens (tertiary/aromatic N) is 2. The molecule has 0 aromatic carbocycles. The second-order valence-corrected chi connectivity index (χ2v) is 6.03. The van der Waals surface area contributed by atoms with Gasteiger partial charge in [0.2, 0.25) is 0 Å². The molecule has 0 amide bonds. The summed E-state index contributed by atoms with van der Waals surface area (Å²) in [4.78, 5) is 6.84. The third-order valence-corrected chi connectivity index (χ3v) is 3.17. The van der Waals surface area contributed by atoms with Crippen LogP contribution in [-0.2, 0) is 11.3 Å². The molecule has 3 nitrogen and oxygen atoms in total. The Morgan fingerprint density at radius 1 is 1.28 bits per heavy atom. The van der Waals surface area contributed by atoms with Gasteiger partial charge in [0.25, 0.3) is 0 Å². The highest BCUT2D eigenvalue weighted by Crippen LogP contribution is 2.20.